The zero-order valence-corrected chi connectivity index (χ0v) is 15.7. The molecule has 2 aromatic carbocycles. The maximum absolute atomic E-state index is 9.66. The number of hydrogen-bond donors (Lipinski definition) is 1. The molecule has 0 aliphatic heterocycles. The molecule has 0 aromatic heterocycles. The van der Waals surface area contributed by atoms with Crippen molar-refractivity contribution in [2.24, 2.45) is 0 Å². The zero-order valence-electron chi connectivity index (χ0n) is 14.7. The van der Waals surface area contributed by atoms with Crippen LogP contribution in [-0.4, -0.2) is 19.3 Å². The monoisotopic (exact) mass is 324 g/mol. The van der Waals surface area contributed by atoms with Crippen molar-refractivity contribution in [3.63, 3.8) is 0 Å². The Morgan fingerprint density at radius 3 is 1.70 bits per heavy atom. The summed E-state index contributed by atoms with van der Waals surface area (Å²) in [7, 11) is -2.11. The first-order valence-corrected chi connectivity index (χ1v) is 10.4. The molecular formula is C21H28OSi. The van der Waals surface area contributed by atoms with Crippen LogP contribution in [0.4, 0.5) is 0 Å². The molecule has 0 spiro atoms. The maximum Gasteiger partial charge on any atom is 0.146 e. The van der Waals surface area contributed by atoms with E-state index in [1.165, 1.54) is 10.4 Å². The van der Waals surface area contributed by atoms with Crippen molar-refractivity contribution in [3.05, 3.63) is 72.4 Å². The molecule has 2 heteroatoms. The van der Waals surface area contributed by atoms with E-state index in [9.17, 15) is 5.11 Å². The van der Waals surface area contributed by atoms with Gasteiger partial charge in [0.25, 0.3) is 0 Å². The lowest BCUT2D eigenvalue weighted by Crippen LogP contribution is -2.63. The minimum atomic E-state index is -2.11. The second kappa shape index (κ2) is 7.29. The number of aliphatic hydroxyl groups is 1. The van der Waals surface area contributed by atoms with Gasteiger partial charge in [-0.2, -0.15) is 0 Å². The summed E-state index contributed by atoms with van der Waals surface area (Å²) >= 11 is 0. The summed E-state index contributed by atoms with van der Waals surface area (Å²) < 4.78 is 0. The third-order valence-corrected chi connectivity index (χ3v) is 10.1. The van der Waals surface area contributed by atoms with Gasteiger partial charge in [-0.15, -0.1) is 0 Å². The Morgan fingerprint density at radius 1 is 0.913 bits per heavy atom. The van der Waals surface area contributed by atoms with Gasteiger partial charge in [0.1, 0.15) is 8.07 Å². The van der Waals surface area contributed by atoms with Gasteiger partial charge in [-0.25, -0.2) is 0 Å². The van der Waals surface area contributed by atoms with Gasteiger partial charge in [0, 0.05) is 0 Å². The van der Waals surface area contributed by atoms with Gasteiger partial charge in [-0.05, 0) is 28.8 Å². The molecule has 0 amide bonds. The van der Waals surface area contributed by atoms with Crippen LogP contribution in [0.25, 0.3) is 0 Å². The van der Waals surface area contributed by atoms with Gasteiger partial charge in [0.2, 0.25) is 0 Å². The van der Waals surface area contributed by atoms with Crippen molar-refractivity contribution in [1.29, 1.82) is 0 Å². The van der Waals surface area contributed by atoms with Gasteiger partial charge in [0.05, 0.1) is 6.10 Å². The van der Waals surface area contributed by atoms with Crippen LogP contribution < -0.4 is 10.4 Å². The number of aliphatic hydroxyl groups excluding tert-OH is 1. The first-order valence-electron chi connectivity index (χ1n) is 8.35. The van der Waals surface area contributed by atoms with Crippen molar-refractivity contribution in [2.75, 3.05) is 0 Å². The Hall–Kier alpha value is -1.64. The maximum atomic E-state index is 9.66. The third kappa shape index (κ3) is 3.82. The van der Waals surface area contributed by atoms with Crippen molar-refractivity contribution >= 4 is 18.4 Å². The standard InChI is InChI=1S/C21H28OSi/c1-18(22)12-11-17-23(21(2,3)4,19-13-7-5-8-14-19)20-15-9-6-10-16-20/h5-11,13-18,22H,12H2,1-4H3/b17-11+. The second-order valence-electron chi connectivity index (χ2n) is 7.28. The topological polar surface area (TPSA) is 20.2 Å². The van der Waals surface area contributed by atoms with E-state index in [-0.39, 0.29) is 11.1 Å². The first-order chi connectivity index (χ1) is 10.9. The fourth-order valence-electron chi connectivity index (χ4n) is 3.32. The highest BCUT2D eigenvalue weighted by molar-refractivity contribution is 7.07. The predicted octanol–water partition coefficient (Wildman–Crippen LogP) is 3.92. The van der Waals surface area contributed by atoms with E-state index in [0.717, 1.165) is 0 Å². The van der Waals surface area contributed by atoms with Gasteiger partial charge in [-0.1, -0.05) is 93.2 Å². The lowest BCUT2D eigenvalue weighted by molar-refractivity contribution is 0.198. The van der Waals surface area contributed by atoms with Crippen LogP contribution in [0.2, 0.25) is 5.04 Å². The van der Waals surface area contributed by atoms with Gasteiger partial charge >= 0.3 is 0 Å². The average Bonchev–Trinajstić information content (AvgIpc) is 2.52. The molecule has 1 nitrogen and oxygen atoms in total. The van der Waals surface area contributed by atoms with Crippen molar-refractivity contribution in [3.8, 4) is 0 Å². The highest BCUT2D eigenvalue weighted by Crippen LogP contribution is 2.36. The Bertz CT molecular complexity index is 584. The van der Waals surface area contributed by atoms with E-state index in [4.69, 9.17) is 0 Å². The number of rotatable bonds is 5. The minimum absolute atomic E-state index is 0.130. The fourth-order valence-corrected chi connectivity index (χ4v) is 8.20. The summed E-state index contributed by atoms with van der Waals surface area (Å²) in [6.07, 6.45) is 2.58. The zero-order chi connectivity index (χ0) is 16.9. The molecule has 0 saturated carbocycles. The van der Waals surface area contributed by atoms with Crippen molar-refractivity contribution < 1.29 is 5.11 Å². The fraction of sp³-hybridized carbons (Fsp3) is 0.333. The molecule has 1 atom stereocenters. The van der Waals surface area contributed by atoms with E-state index in [1.807, 2.05) is 6.92 Å². The van der Waals surface area contributed by atoms with Crippen LogP contribution in [0.5, 0.6) is 0 Å². The molecule has 122 valence electrons. The Kier molecular flexibility index (Phi) is 5.61. The summed E-state index contributed by atoms with van der Waals surface area (Å²) in [6.45, 7) is 8.86. The van der Waals surface area contributed by atoms with E-state index in [1.54, 1.807) is 0 Å². The quantitative estimate of drug-likeness (QED) is 0.827. The van der Waals surface area contributed by atoms with Crippen molar-refractivity contribution in [1.82, 2.24) is 0 Å². The minimum Gasteiger partial charge on any atom is -0.393 e. The van der Waals surface area contributed by atoms with E-state index in [2.05, 4.69) is 93.2 Å². The predicted molar refractivity (Wildman–Crippen MR) is 103 cm³/mol. The Labute approximate surface area is 141 Å². The van der Waals surface area contributed by atoms with Gasteiger partial charge < -0.3 is 5.11 Å². The van der Waals surface area contributed by atoms with Gasteiger partial charge in [0.15, 0.2) is 0 Å². The molecule has 0 heterocycles. The van der Waals surface area contributed by atoms with Crippen LogP contribution in [0.15, 0.2) is 72.4 Å². The van der Waals surface area contributed by atoms with Crippen LogP contribution in [0.3, 0.4) is 0 Å². The molecular weight excluding hydrogens is 296 g/mol. The average molecular weight is 325 g/mol. The summed E-state index contributed by atoms with van der Waals surface area (Å²) in [5.41, 5.74) is 2.42. The molecule has 23 heavy (non-hydrogen) atoms. The largest absolute Gasteiger partial charge is 0.393 e. The summed E-state index contributed by atoms with van der Waals surface area (Å²) in [6, 6.07) is 21.7. The molecule has 0 fully saturated rings. The molecule has 0 aliphatic carbocycles. The van der Waals surface area contributed by atoms with Crippen molar-refractivity contribution in [2.45, 2.75) is 45.3 Å². The molecule has 1 unspecified atom stereocenters. The van der Waals surface area contributed by atoms with Crippen LogP contribution in [-0.2, 0) is 0 Å². The highest BCUT2D eigenvalue weighted by Gasteiger charge is 2.45. The molecule has 2 aromatic rings. The summed E-state index contributed by atoms with van der Waals surface area (Å²) in [5, 5.41) is 12.6. The summed E-state index contributed by atoms with van der Waals surface area (Å²) in [4.78, 5) is 0. The SMILES string of the molecule is CC(O)C/C=C/[Si](c1ccccc1)(c1ccccc1)C(C)(C)C. The Morgan fingerprint density at radius 2 is 1.35 bits per heavy atom. The van der Waals surface area contributed by atoms with E-state index in [0.29, 0.717) is 6.42 Å². The Balaban J connectivity index is 2.67. The first kappa shape index (κ1) is 17.7. The summed E-state index contributed by atoms with van der Waals surface area (Å²) in [5.74, 6) is 0. The molecule has 0 aliphatic rings. The molecule has 2 rings (SSSR count). The molecule has 0 bridgehead atoms. The second-order valence-corrected chi connectivity index (χ2v) is 11.9. The van der Waals surface area contributed by atoms with E-state index >= 15 is 0 Å². The van der Waals surface area contributed by atoms with Crippen LogP contribution >= 0.6 is 0 Å². The lowest BCUT2D eigenvalue weighted by Gasteiger charge is -2.42. The van der Waals surface area contributed by atoms with Crippen LogP contribution in [0.1, 0.15) is 34.1 Å². The van der Waals surface area contributed by atoms with Crippen LogP contribution in [0, 0.1) is 0 Å². The third-order valence-electron chi connectivity index (χ3n) is 4.49. The number of benzene rings is 2. The lowest BCUT2D eigenvalue weighted by atomic mass is 10.2. The van der Waals surface area contributed by atoms with Gasteiger partial charge in [-0.3, -0.25) is 0 Å². The molecule has 0 saturated heterocycles. The highest BCUT2D eigenvalue weighted by atomic mass is 28.3. The normalized spacial score (nSPS) is 14.1. The molecule has 0 radical (unpaired) electrons. The van der Waals surface area contributed by atoms with E-state index < -0.39 is 8.07 Å². The molecule has 1 N–H and O–H groups in total. The number of hydrogen-bond acceptors (Lipinski definition) is 1. The smallest absolute Gasteiger partial charge is 0.146 e.